The number of nitrogens with zero attached hydrogens (tertiary/aromatic N) is 7. The molecule has 0 aliphatic carbocycles. The zero-order chi connectivity index (χ0) is 39.8. The van der Waals surface area contributed by atoms with Crippen LogP contribution in [0.3, 0.4) is 0 Å². The van der Waals surface area contributed by atoms with Gasteiger partial charge in [0.2, 0.25) is 28.3 Å². The summed E-state index contributed by atoms with van der Waals surface area (Å²) < 4.78 is 1.61. The number of fused-ring (bicyclic) bond motifs is 2. The second kappa shape index (κ2) is 22.1. The predicted molar refractivity (Wildman–Crippen MR) is 206 cm³/mol. The highest BCUT2D eigenvalue weighted by molar-refractivity contribution is 9.09. The molecule has 0 N–H and O–H groups in total. The quantitative estimate of drug-likeness (QED) is 0.0801. The van der Waals surface area contributed by atoms with Gasteiger partial charge in [-0.15, -0.1) is 0 Å². The number of alkyl halides is 1. The van der Waals surface area contributed by atoms with Crippen LogP contribution < -0.4 is 63.8 Å². The van der Waals surface area contributed by atoms with Crippen molar-refractivity contribution in [2.45, 2.75) is 13.5 Å². The van der Waals surface area contributed by atoms with Crippen molar-refractivity contribution in [1.82, 2.24) is 4.98 Å². The Morgan fingerprint density at radius 2 is 1.04 bits per heavy atom. The molecule has 6 aromatic rings. The van der Waals surface area contributed by atoms with Crippen molar-refractivity contribution >= 4 is 60.8 Å². The topological polar surface area (TPSA) is 193 Å². The van der Waals surface area contributed by atoms with Gasteiger partial charge in [0.25, 0.3) is 0 Å². The Labute approximate surface area is 332 Å². The first-order valence-electron chi connectivity index (χ1n) is 15.9. The van der Waals surface area contributed by atoms with Crippen LogP contribution in [0.1, 0.15) is 6.92 Å². The van der Waals surface area contributed by atoms with Crippen LogP contribution in [0, 0.1) is 11.3 Å². The monoisotopic (exact) mass is 875 g/mol. The molecule has 0 fully saturated rings. The Balaban J connectivity index is 0.000000300. The highest BCUT2D eigenvalue weighted by Gasteiger charge is 2.15. The number of hydrogen-bond acceptors (Lipinski definition) is 14. The van der Waals surface area contributed by atoms with Crippen LogP contribution in [0.2, 0.25) is 0 Å². The van der Waals surface area contributed by atoms with Gasteiger partial charge in [0.05, 0.1) is 6.07 Å². The molecule has 0 aliphatic rings. The van der Waals surface area contributed by atoms with Gasteiger partial charge in [-0.2, -0.15) is 9.83 Å². The molecule has 4 aromatic carbocycles. The van der Waals surface area contributed by atoms with E-state index in [1.165, 1.54) is 24.7 Å². The van der Waals surface area contributed by atoms with Crippen molar-refractivity contribution in [3.63, 3.8) is 0 Å². The molecule has 0 bridgehead atoms. The summed E-state index contributed by atoms with van der Waals surface area (Å²) in [6.45, 7) is 1.35. The third-order valence-corrected chi connectivity index (χ3v) is 7.62. The maximum absolute atomic E-state index is 12.1. The first-order chi connectivity index (χ1) is 25.8. The fourth-order valence-corrected chi connectivity index (χ4v) is 4.63. The molecule has 15 nitrogen and oxygen atoms in total. The summed E-state index contributed by atoms with van der Waals surface area (Å²) >= 11 is 2.87. The summed E-state index contributed by atoms with van der Waals surface area (Å²) in [6, 6.07) is 22.2. The summed E-state index contributed by atoms with van der Waals surface area (Å²) in [5.74, 6) is -1.35. The van der Waals surface area contributed by atoms with Gasteiger partial charge in [-0.25, -0.2) is 9.59 Å². The van der Waals surface area contributed by atoms with Crippen molar-refractivity contribution < 1.29 is 40.8 Å². The molecule has 0 unspecified atom stereocenters. The molecule has 284 valence electrons. The Kier molecular flexibility index (Phi) is 18.0. The van der Waals surface area contributed by atoms with Crippen molar-refractivity contribution in [3.05, 3.63) is 149 Å². The average Bonchev–Trinajstić information content (AvgIpc) is 3.57. The summed E-state index contributed by atoms with van der Waals surface area (Å²) in [7, 11) is 7.85. The summed E-state index contributed by atoms with van der Waals surface area (Å²) in [5.41, 5.74) is 0.0727. The molecule has 0 saturated heterocycles. The average molecular weight is 878 g/mol. The van der Waals surface area contributed by atoms with E-state index in [1.807, 2.05) is 62.3 Å². The molecule has 55 heavy (non-hydrogen) atoms. The van der Waals surface area contributed by atoms with Gasteiger partial charge < -0.3 is 36.5 Å². The number of carbonyl (C=O) groups excluding carboxylic acids is 2. The van der Waals surface area contributed by atoms with Crippen molar-refractivity contribution in [2.75, 3.05) is 43.3 Å². The molecule has 2 heterocycles. The highest BCUT2D eigenvalue weighted by atomic mass is 79.9. The number of carbonyl (C=O) groups is 2. The van der Waals surface area contributed by atoms with Crippen LogP contribution in [-0.4, -0.2) is 50.4 Å². The smallest absolute Gasteiger partial charge is 0.399 e. The predicted octanol–water partition coefficient (Wildman–Crippen LogP) is -1.28. The standard InChI is InChI=1S/C18H16N3O4.C11H6BrNO4.C7H10N2.C2H3N.BrH/c1-20(2)12-7-9-21(10-8-12)11-15(22)25-19-16-17(23)13-5-3-4-6-14(13)18(16)24;12-5-8(14)17-13-9-10(15)6-3-1-2-4-7(6)11(9)16;1-9(2)7-3-5-8-6-4-7;1-2-3;/h3-10H,11H2,1-2H3;1-4H,5H2;3-6H,1-2H3;1H3;1H/q+1;;;;/p-1. The van der Waals surface area contributed by atoms with E-state index in [1.54, 1.807) is 71.8 Å². The van der Waals surface area contributed by atoms with Crippen LogP contribution in [0.5, 0.6) is 0 Å². The third kappa shape index (κ3) is 12.4. The van der Waals surface area contributed by atoms with E-state index in [2.05, 4.69) is 36.1 Å². The first kappa shape index (κ1) is 44.9. The van der Waals surface area contributed by atoms with Gasteiger partial charge in [-0.05, 0) is 12.1 Å². The van der Waals surface area contributed by atoms with Gasteiger partial charge in [0, 0.05) is 92.6 Å². The molecule has 6 rings (SSSR count). The fourth-order valence-electron chi connectivity index (χ4n) is 4.53. The molecule has 17 heteroatoms. The minimum absolute atomic E-state index is 0. The van der Waals surface area contributed by atoms with Crippen molar-refractivity contribution in [3.8, 4) is 6.07 Å². The molecule has 0 amide bonds. The summed E-state index contributed by atoms with van der Waals surface area (Å²) in [5, 5.41) is 14.4. The number of halogens is 2. The maximum Gasteiger partial charge on any atom is 0.399 e. The Morgan fingerprint density at radius 3 is 1.36 bits per heavy atom. The minimum Gasteiger partial charge on any atom is -1.00 e. The molecule has 0 radical (unpaired) electrons. The molecule has 2 aromatic heterocycles. The first-order valence-corrected chi connectivity index (χ1v) is 17.0. The van der Waals surface area contributed by atoms with Crippen LogP contribution in [0.15, 0.2) is 127 Å². The number of benzene rings is 2. The van der Waals surface area contributed by atoms with E-state index >= 15 is 0 Å². The highest BCUT2D eigenvalue weighted by Crippen LogP contribution is 2.07. The van der Waals surface area contributed by atoms with Crippen LogP contribution in [0.4, 0.5) is 11.4 Å². The third-order valence-electron chi connectivity index (χ3n) is 7.16. The van der Waals surface area contributed by atoms with E-state index < -0.39 is 33.7 Å². The van der Waals surface area contributed by atoms with Crippen LogP contribution in [-0.2, 0) is 25.8 Å². The lowest BCUT2D eigenvalue weighted by atomic mass is 10.2. The Bertz CT molecular complexity index is 2480. The molecule has 0 spiro atoms. The van der Waals surface area contributed by atoms with Gasteiger partial charge in [0.15, 0.2) is 23.1 Å². The lowest BCUT2D eigenvalue weighted by molar-refractivity contribution is -0.685. The normalized spacial score (nSPS) is 9.69. The van der Waals surface area contributed by atoms with Gasteiger partial charge in [-0.1, -0.05) is 74.8 Å². The molecular weight excluding hydrogens is 842 g/mol. The van der Waals surface area contributed by atoms with Gasteiger partial charge in [0.1, 0.15) is 5.33 Å². The Morgan fingerprint density at radius 1 is 0.691 bits per heavy atom. The zero-order valence-corrected chi connectivity index (χ0v) is 33.5. The number of hydrogen-bond donors (Lipinski definition) is 0. The van der Waals surface area contributed by atoms with Crippen LogP contribution >= 0.6 is 15.9 Å². The second-order valence-electron chi connectivity index (χ2n) is 11.3. The molecule has 0 atom stereocenters. The van der Waals surface area contributed by atoms with Crippen molar-refractivity contribution in [1.29, 1.82) is 5.26 Å². The summed E-state index contributed by atoms with van der Waals surface area (Å²) in [4.78, 5) is 87.5. The van der Waals surface area contributed by atoms with Crippen molar-refractivity contribution in [2.24, 2.45) is 10.3 Å². The Hall–Kier alpha value is -6.25. The fraction of sp³-hybridized carbons (Fsp3) is 0.184. The number of pyridine rings is 2. The lowest BCUT2D eigenvalue weighted by Crippen LogP contribution is -3.00. The zero-order valence-electron chi connectivity index (χ0n) is 30.3. The minimum atomic E-state index is -0.674. The number of nitriles is 1. The number of anilines is 2. The molecular formula is C38H35Br2N7O8. The molecule has 0 aliphatic heterocycles. The largest absolute Gasteiger partial charge is 1.00 e. The van der Waals surface area contributed by atoms with Gasteiger partial charge >= 0.3 is 11.9 Å². The maximum atomic E-state index is 12.1. The van der Waals surface area contributed by atoms with Crippen LogP contribution in [0.25, 0.3) is 21.5 Å². The lowest BCUT2D eigenvalue weighted by Gasteiger charge is -2.10. The van der Waals surface area contributed by atoms with E-state index in [0.717, 1.165) is 5.69 Å². The van der Waals surface area contributed by atoms with E-state index in [-0.39, 0.29) is 61.1 Å². The molecule has 0 saturated carbocycles. The van der Waals surface area contributed by atoms with Gasteiger partial charge in [-0.3, -0.25) is 24.2 Å². The van der Waals surface area contributed by atoms with E-state index in [9.17, 15) is 28.8 Å². The number of rotatable bonds is 7. The number of aromatic nitrogens is 2. The SMILES string of the molecule is CC#N.CN(C)c1cc[n+](CC(=O)ON=c2c(=O)c3ccccc3c2=O)cc1.CN(C)c1ccncc1.O=C(CBr)ON=c1c(=O)c2ccccc2c1=O.[Br-]. The van der Waals surface area contributed by atoms with E-state index in [0.29, 0.717) is 0 Å². The summed E-state index contributed by atoms with van der Waals surface area (Å²) in [6.07, 6.45) is 7.03. The second-order valence-corrected chi connectivity index (χ2v) is 11.9. The van der Waals surface area contributed by atoms with E-state index in [4.69, 9.17) is 10.1 Å².